The molecule has 6 nitrogen and oxygen atoms in total. The van der Waals surface area contributed by atoms with E-state index in [1.54, 1.807) is 0 Å². The summed E-state index contributed by atoms with van der Waals surface area (Å²) >= 11 is 0. The van der Waals surface area contributed by atoms with Crippen molar-refractivity contribution in [2.75, 3.05) is 13.2 Å². The Hall–Kier alpha value is -4.19. The molecule has 0 aromatic rings. The lowest BCUT2D eigenvalue weighted by Crippen LogP contribution is -2.30. The molecule has 0 aliphatic rings. The predicted molar refractivity (Wildman–Crippen MR) is 279 cm³/mol. The monoisotopic (exact) mass is 899 g/mol. The molecular formula is C59H94O6. The number of ether oxygens (including phenoxy) is 3. The van der Waals surface area contributed by atoms with Crippen LogP contribution in [0.2, 0.25) is 0 Å². The molecule has 65 heavy (non-hydrogen) atoms. The van der Waals surface area contributed by atoms with Crippen LogP contribution in [0.5, 0.6) is 0 Å². The number of rotatable bonds is 45. The predicted octanol–water partition coefficient (Wildman–Crippen LogP) is 17.3. The van der Waals surface area contributed by atoms with Crippen molar-refractivity contribution in [3.63, 3.8) is 0 Å². The van der Waals surface area contributed by atoms with Crippen LogP contribution in [-0.4, -0.2) is 37.2 Å². The molecule has 0 bridgehead atoms. The van der Waals surface area contributed by atoms with Crippen molar-refractivity contribution < 1.29 is 28.6 Å². The Morgan fingerprint density at radius 3 is 1.00 bits per heavy atom. The second-order valence-corrected chi connectivity index (χ2v) is 16.7. The summed E-state index contributed by atoms with van der Waals surface area (Å²) in [4.78, 5) is 37.6. The van der Waals surface area contributed by atoms with Gasteiger partial charge in [-0.15, -0.1) is 0 Å². The first-order valence-corrected chi connectivity index (χ1v) is 26.0. The Morgan fingerprint density at radius 2 is 0.600 bits per heavy atom. The molecule has 0 radical (unpaired) electrons. The van der Waals surface area contributed by atoms with Crippen LogP contribution in [0.3, 0.4) is 0 Å². The zero-order chi connectivity index (χ0) is 47.2. The van der Waals surface area contributed by atoms with E-state index in [4.69, 9.17) is 14.2 Å². The van der Waals surface area contributed by atoms with Crippen LogP contribution >= 0.6 is 0 Å². The second-order valence-electron chi connectivity index (χ2n) is 16.7. The van der Waals surface area contributed by atoms with Gasteiger partial charge in [0.2, 0.25) is 0 Å². The minimum atomic E-state index is -0.802. The number of carbonyl (C=O) groups excluding carboxylic acids is 3. The van der Waals surface area contributed by atoms with Gasteiger partial charge < -0.3 is 14.2 Å². The van der Waals surface area contributed by atoms with Gasteiger partial charge in [0.05, 0.1) is 0 Å². The van der Waals surface area contributed by atoms with Gasteiger partial charge in [0, 0.05) is 19.3 Å². The highest BCUT2D eigenvalue weighted by atomic mass is 16.6. The lowest BCUT2D eigenvalue weighted by molar-refractivity contribution is -0.167. The standard InChI is InChI=1S/C59H94O6/c1-4-7-10-13-15-17-19-21-23-24-25-26-27-28-29-30-31-32-33-34-36-37-39-41-43-46-49-52-58(61)64-55-56(54-63-57(60)51-48-45-12-9-6-3)65-59(62)53-50-47-44-42-40-38-35-22-20-18-16-14-11-8-5-2/h7,10,15-18,21-23,25-26,28-29,31-32,34-36,39,41,56H,4-6,8-9,11-14,19-20,24,27,30,33,37-38,40,42-55H2,1-3H3/b10-7-,17-15-,18-16-,23-21-,26-25-,29-28-,32-31-,35-22-,36-34-,41-39-. The van der Waals surface area contributed by atoms with Crippen molar-refractivity contribution in [2.24, 2.45) is 0 Å². The molecule has 0 saturated heterocycles. The number of hydrogen-bond donors (Lipinski definition) is 0. The van der Waals surface area contributed by atoms with Crippen LogP contribution in [0.15, 0.2) is 122 Å². The largest absolute Gasteiger partial charge is 0.462 e. The van der Waals surface area contributed by atoms with E-state index in [9.17, 15) is 14.4 Å². The lowest BCUT2D eigenvalue weighted by atomic mass is 10.1. The third kappa shape index (κ3) is 50.7. The Kier molecular flexibility index (Phi) is 49.1. The van der Waals surface area contributed by atoms with Gasteiger partial charge in [0.15, 0.2) is 6.10 Å². The Labute approximate surface area is 399 Å². The zero-order valence-corrected chi connectivity index (χ0v) is 41.7. The normalized spacial score (nSPS) is 13.1. The van der Waals surface area contributed by atoms with Crippen molar-refractivity contribution in [3.8, 4) is 0 Å². The molecule has 0 aliphatic heterocycles. The molecule has 6 heteroatoms. The van der Waals surface area contributed by atoms with E-state index in [2.05, 4.69) is 142 Å². The van der Waals surface area contributed by atoms with Gasteiger partial charge in [-0.3, -0.25) is 14.4 Å². The number of allylic oxidation sites excluding steroid dienone is 20. The molecule has 0 amide bonds. The molecule has 0 heterocycles. The fourth-order valence-electron chi connectivity index (χ4n) is 6.54. The second kappa shape index (κ2) is 52.4. The molecule has 0 fully saturated rings. The molecule has 0 aliphatic carbocycles. The summed E-state index contributed by atoms with van der Waals surface area (Å²) < 4.78 is 16.6. The third-order valence-electron chi connectivity index (χ3n) is 10.5. The van der Waals surface area contributed by atoms with Crippen molar-refractivity contribution in [1.82, 2.24) is 0 Å². The smallest absolute Gasteiger partial charge is 0.306 e. The molecule has 0 spiro atoms. The van der Waals surface area contributed by atoms with Gasteiger partial charge in [0.25, 0.3) is 0 Å². The van der Waals surface area contributed by atoms with E-state index in [1.807, 2.05) is 0 Å². The summed E-state index contributed by atoms with van der Waals surface area (Å²) in [6, 6.07) is 0. The zero-order valence-electron chi connectivity index (χ0n) is 41.7. The van der Waals surface area contributed by atoms with E-state index in [0.29, 0.717) is 25.7 Å². The highest BCUT2D eigenvalue weighted by Gasteiger charge is 2.19. The molecule has 366 valence electrons. The van der Waals surface area contributed by atoms with E-state index < -0.39 is 6.10 Å². The third-order valence-corrected chi connectivity index (χ3v) is 10.5. The molecule has 0 N–H and O–H groups in total. The van der Waals surface area contributed by atoms with Gasteiger partial charge in [-0.1, -0.05) is 200 Å². The quantitative estimate of drug-likeness (QED) is 0.0262. The average molecular weight is 899 g/mol. The topological polar surface area (TPSA) is 78.9 Å². The summed E-state index contributed by atoms with van der Waals surface area (Å²) in [6.07, 6.45) is 72.2. The summed E-state index contributed by atoms with van der Waals surface area (Å²) in [5, 5.41) is 0. The van der Waals surface area contributed by atoms with Gasteiger partial charge in [-0.2, -0.15) is 0 Å². The maximum Gasteiger partial charge on any atom is 0.306 e. The minimum absolute atomic E-state index is 0.102. The maximum atomic E-state index is 12.7. The molecular weight excluding hydrogens is 805 g/mol. The summed E-state index contributed by atoms with van der Waals surface area (Å²) in [7, 11) is 0. The summed E-state index contributed by atoms with van der Waals surface area (Å²) in [6.45, 7) is 6.34. The van der Waals surface area contributed by atoms with Crippen LogP contribution in [-0.2, 0) is 28.6 Å². The van der Waals surface area contributed by atoms with E-state index in [1.165, 1.54) is 25.7 Å². The molecule has 0 aromatic carbocycles. The van der Waals surface area contributed by atoms with Crippen LogP contribution in [0.4, 0.5) is 0 Å². The molecule has 0 rings (SSSR count). The van der Waals surface area contributed by atoms with Crippen molar-refractivity contribution >= 4 is 17.9 Å². The molecule has 0 aromatic heterocycles. The number of carbonyl (C=O) groups is 3. The summed E-state index contributed by atoms with van der Waals surface area (Å²) in [5.74, 6) is -0.984. The first-order chi connectivity index (χ1) is 32.0. The van der Waals surface area contributed by atoms with Crippen LogP contribution in [0.25, 0.3) is 0 Å². The molecule has 0 saturated carbocycles. The number of esters is 3. The van der Waals surface area contributed by atoms with Gasteiger partial charge >= 0.3 is 17.9 Å². The lowest BCUT2D eigenvalue weighted by Gasteiger charge is -2.18. The van der Waals surface area contributed by atoms with Crippen LogP contribution < -0.4 is 0 Å². The fourth-order valence-corrected chi connectivity index (χ4v) is 6.54. The maximum absolute atomic E-state index is 12.7. The van der Waals surface area contributed by atoms with Crippen molar-refractivity contribution in [1.29, 1.82) is 0 Å². The molecule has 1 atom stereocenters. The first kappa shape index (κ1) is 60.8. The minimum Gasteiger partial charge on any atom is -0.462 e. The Morgan fingerprint density at radius 1 is 0.323 bits per heavy atom. The fraction of sp³-hybridized carbons (Fsp3) is 0.610. The van der Waals surface area contributed by atoms with Gasteiger partial charge in [-0.25, -0.2) is 0 Å². The SMILES string of the molecule is CC/C=C\C/C=C\C/C=C\C/C=C\C/C=C\C/C=C\C/C=C\C/C=C\CCCCC(=O)OCC(COC(=O)CCCCCCC)OC(=O)CCCCCCC/C=C\C/C=C\CCCCC. The van der Waals surface area contributed by atoms with E-state index >= 15 is 0 Å². The molecule has 1 unspecified atom stereocenters. The van der Waals surface area contributed by atoms with Crippen LogP contribution in [0.1, 0.15) is 213 Å². The van der Waals surface area contributed by atoms with E-state index in [0.717, 1.165) is 141 Å². The number of hydrogen-bond acceptors (Lipinski definition) is 6. The first-order valence-electron chi connectivity index (χ1n) is 26.0. The van der Waals surface area contributed by atoms with E-state index in [-0.39, 0.29) is 31.1 Å². The summed E-state index contributed by atoms with van der Waals surface area (Å²) in [5.41, 5.74) is 0. The number of unbranched alkanes of at least 4 members (excludes halogenated alkanes) is 14. The Balaban J connectivity index is 4.27. The van der Waals surface area contributed by atoms with Gasteiger partial charge in [-0.05, 0) is 116 Å². The van der Waals surface area contributed by atoms with Crippen molar-refractivity contribution in [2.45, 2.75) is 219 Å². The van der Waals surface area contributed by atoms with Crippen molar-refractivity contribution in [3.05, 3.63) is 122 Å². The van der Waals surface area contributed by atoms with Crippen LogP contribution in [0, 0.1) is 0 Å². The Bertz CT molecular complexity index is 1400. The highest BCUT2D eigenvalue weighted by molar-refractivity contribution is 5.71. The highest BCUT2D eigenvalue weighted by Crippen LogP contribution is 2.12. The van der Waals surface area contributed by atoms with Gasteiger partial charge in [0.1, 0.15) is 13.2 Å². The average Bonchev–Trinajstić information content (AvgIpc) is 3.30.